The molecular formula is C18H25N7O2. The summed E-state index contributed by atoms with van der Waals surface area (Å²) in [7, 11) is 0. The number of rotatable bonds is 6. The van der Waals surface area contributed by atoms with Crippen LogP contribution in [0.2, 0.25) is 0 Å². The van der Waals surface area contributed by atoms with Crippen LogP contribution in [0.3, 0.4) is 0 Å². The van der Waals surface area contributed by atoms with Gasteiger partial charge in [-0.1, -0.05) is 0 Å². The first-order chi connectivity index (χ1) is 12.8. The van der Waals surface area contributed by atoms with E-state index >= 15 is 0 Å². The van der Waals surface area contributed by atoms with Gasteiger partial charge in [0.25, 0.3) is 0 Å². The molecule has 144 valence electrons. The van der Waals surface area contributed by atoms with E-state index in [1.807, 2.05) is 6.07 Å². The molecule has 27 heavy (non-hydrogen) atoms. The van der Waals surface area contributed by atoms with Gasteiger partial charge in [-0.25, -0.2) is 4.98 Å². The van der Waals surface area contributed by atoms with Crippen LogP contribution in [-0.4, -0.2) is 53.1 Å². The topological polar surface area (TPSA) is 133 Å². The molecule has 9 nitrogen and oxygen atoms in total. The fourth-order valence-corrected chi connectivity index (χ4v) is 3.10. The van der Waals surface area contributed by atoms with Crippen molar-refractivity contribution in [2.45, 2.75) is 32.2 Å². The summed E-state index contributed by atoms with van der Waals surface area (Å²) in [5, 5.41) is 17.9. The highest BCUT2D eigenvalue weighted by Crippen LogP contribution is 2.34. The maximum atomic E-state index is 12.1. The van der Waals surface area contributed by atoms with E-state index in [-0.39, 0.29) is 6.04 Å². The standard InChI is InChI=1S/C18H25N7O2/c1-11-10-27-7-6-25(11)15-8-13(18(2,3)17(20)26)12(9-19)16(23-15)22-14-4-5-21-24-14/h4-5,8-9,11,19H,6-7,10H2,1-3H3,(H2,20,26)(H2,21,22,23,24)/t11-/m1/s1. The number of carbonyl (C=O) groups is 1. The summed E-state index contributed by atoms with van der Waals surface area (Å²) < 4.78 is 5.52. The van der Waals surface area contributed by atoms with Crippen molar-refractivity contribution >= 4 is 29.6 Å². The van der Waals surface area contributed by atoms with Crippen molar-refractivity contribution in [2.24, 2.45) is 5.73 Å². The second-order valence-electron chi connectivity index (χ2n) is 7.13. The molecule has 1 fully saturated rings. The SMILES string of the molecule is C[C@@H]1COCCN1c1cc(C(C)(C)C(N)=O)c(C=N)c(Nc2cc[nH]n2)n1. The zero-order valence-electron chi connectivity index (χ0n) is 15.7. The Balaban J connectivity index is 2.16. The number of H-pyrrole nitrogens is 1. The van der Waals surface area contributed by atoms with Gasteiger partial charge in [-0.15, -0.1) is 0 Å². The Labute approximate surface area is 157 Å². The number of carbonyl (C=O) groups excluding carboxylic acids is 1. The monoisotopic (exact) mass is 371 g/mol. The largest absolute Gasteiger partial charge is 0.377 e. The number of aromatic nitrogens is 3. The van der Waals surface area contributed by atoms with Gasteiger partial charge in [0, 0.05) is 30.6 Å². The van der Waals surface area contributed by atoms with Gasteiger partial charge in [-0.2, -0.15) is 5.10 Å². The molecule has 9 heteroatoms. The molecule has 1 aliphatic heterocycles. The van der Waals surface area contributed by atoms with E-state index in [2.05, 4.69) is 27.3 Å². The van der Waals surface area contributed by atoms with Crippen molar-refractivity contribution < 1.29 is 9.53 Å². The van der Waals surface area contributed by atoms with Crippen LogP contribution in [0.15, 0.2) is 18.3 Å². The lowest BCUT2D eigenvalue weighted by Crippen LogP contribution is -2.44. The van der Waals surface area contributed by atoms with Crippen molar-refractivity contribution in [3.8, 4) is 0 Å². The molecule has 3 heterocycles. The molecule has 0 saturated carbocycles. The first-order valence-electron chi connectivity index (χ1n) is 8.81. The predicted molar refractivity (Wildman–Crippen MR) is 104 cm³/mol. The fourth-order valence-electron chi connectivity index (χ4n) is 3.10. The molecule has 0 aromatic carbocycles. The smallest absolute Gasteiger partial charge is 0.227 e. The number of aromatic amines is 1. The number of nitrogens with zero attached hydrogens (tertiary/aromatic N) is 3. The van der Waals surface area contributed by atoms with E-state index in [9.17, 15) is 4.79 Å². The van der Waals surface area contributed by atoms with E-state index in [4.69, 9.17) is 20.9 Å². The van der Waals surface area contributed by atoms with Crippen LogP contribution in [0.1, 0.15) is 31.9 Å². The molecule has 0 unspecified atom stereocenters. The maximum Gasteiger partial charge on any atom is 0.227 e. The number of nitrogens with one attached hydrogen (secondary N) is 3. The van der Waals surface area contributed by atoms with Crippen LogP contribution in [0.4, 0.5) is 17.5 Å². The number of anilines is 3. The fraction of sp³-hybridized carbons (Fsp3) is 0.444. The minimum atomic E-state index is -0.970. The summed E-state index contributed by atoms with van der Waals surface area (Å²) in [6, 6.07) is 3.75. The van der Waals surface area contributed by atoms with Gasteiger partial charge in [0.15, 0.2) is 5.82 Å². The van der Waals surface area contributed by atoms with Gasteiger partial charge in [0.2, 0.25) is 5.91 Å². The summed E-state index contributed by atoms with van der Waals surface area (Å²) in [5.41, 5.74) is 5.84. The van der Waals surface area contributed by atoms with Gasteiger partial charge < -0.3 is 26.1 Å². The molecule has 1 amide bonds. The Morgan fingerprint density at radius 1 is 1.56 bits per heavy atom. The second kappa shape index (κ2) is 7.36. The van der Waals surface area contributed by atoms with E-state index in [1.165, 1.54) is 6.21 Å². The number of hydrogen-bond donors (Lipinski definition) is 4. The summed E-state index contributed by atoms with van der Waals surface area (Å²) in [5.74, 6) is 1.26. The van der Waals surface area contributed by atoms with Crippen LogP contribution in [-0.2, 0) is 14.9 Å². The Kier molecular flexibility index (Phi) is 5.13. The Morgan fingerprint density at radius 2 is 2.33 bits per heavy atom. The molecule has 3 rings (SSSR count). The molecule has 5 N–H and O–H groups in total. The summed E-state index contributed by atoms with van der Waals surface area (Å²) in [6.45, 7) is 7.46. The zero-order chi connectivity index (χ0) is 19.6. The molecule has 1 aliphatic rings. The van der Waals surface area contributed by atoms with Gasteiger partial charge in [-0.05, 0) is 32.4 Å². The number of nitrogens with two attached hydrogens (primary N) is 1. The van der Waals surface area contributed by atoms with Crippen LogP contribution < -0.4 is 16.0 Å². The highest BCUT2D eigenvalue weighted by atomic mass is 16.5. The third kappa shape index (κ3) is 3.63. The highest BCUT2D eigenvalue weighted by molar-refractivity contribution is 5.94. The normalized spacial score (nSPS) is 17.6. The first-order valence-corrected chi connectivity index (χ1v) is 8.81. The maximum absolute atomic E-state index is 12.1. The van der Waals surface area contributed by atoms with Gasteiger partial charge in [0.05, 0.1) is 24.7 Å². The van der Waals surface area contributed by atoms with Crippen LogP contribution in [0.5, 0.6) is 0 Å². The number of ether oxygens (including phenoxy) is 1. The minimum Gasteiger partial charge on any atom is -0.377 e. The van der Waals surface area contributed by atoms with E-state index in [0.717, 1.165) is 0 Å². The summed E-state index contributed by atoms with van der Waals surface area (Å²) in [6.07, 6.45) is 2.88. The molecule has 0 aliphatic carbocycles. The van der Waals surface area contributed by atoms with Crippen LogP contribution in [0, 0.1) is 5.41 Å². The van der Waals surface area contributed by atoms with Gasteiger partial charge in [-0.3, -0.25) is 9.89 Å². The quantitative estimate of drug-likeness (QED) is 0.569. The van der Waals surface area contributed by atoms with Crippen molar-refractivity contribution in [3.05, 3.63) is 29.5 Å². The molecule has 2 aromatic rings. The highest BCUT2D eigenvalue weighted by Gasteiger charge is 2.33. The Hall–Kier alpha value is -2.94. The molecule has 0 bridgehead atoms. The molecule has 2 aromatic heterocycles. The van der Waals surface area contributed by atoms with E-state index in [0.29, 0.717) is 48.3 Å². The minimum absolute atomic E-state index is 0.139. The Morgan fingerprint density at radius 3 is 2.93 bits per heavy atom. The molecule has 0 spiro atoms. The third-order valence-electron chi connectivity index (χ3n) is 4.89. The summed E-state index contributed by atoms with van der Waals surface area (Å²) in [4.78, 5) is 19.0. The van der Waals surface area contributed by atoms with Crippen molar-refractivity contribution in [2.75, 3.05) is 30.0 Å². The van der Waals surface area contributed by atoms with Crippen molar-refractivity contribution in [3.63, 3.8) is 0 Å². The van der Waals surface area contributed by atoms with E-state index in [1.54, 1.807) is 26.1 Å². The Bertz CT molecular complexity index is 832. The first kappa shape index (κ1) is 18.8. The average Bonchev–Trinajstić information content (AvgIpc) is 3.14. The lowest BCUT2D eigenvalue weighted by molar-refractivity contribution is -0.122. The number of hydrogen-bond acceptors (Lipinski definition) is 7. The molecule has 0 radical (unpaired) electrons. The van der Waals surface area contributed by atoms with Crippen LogP contribution in [0.25, 0.3) is 0 Å². The zero-order valence-corrected chi connectivity index (χ0v) is 15.7. The lowest BCUT2D eigenvalue weighted by Gasteiger charge is -2.36. The number of pyridine rings is 1. The molecular weight excluding hydrogens is 346 g/mol. The van der Waals surface area contributed by atoms with Crippen molar-refractivity contribution in [1.29, 1.82) is 5.41 Å². The predicted octanol–water partition coefficient (Wildman–Crippen LogP) is 1.53. The van der Waals surface area contributed by atoms with Crippen molar-refractivity contribution in [1.82, 2.24) is 15.2 Å². The van der Waals surface area contributed by atoms with Crippen LogP contribution >= 0.6 is 0 Å². The number of morpholine rings is 1. The molecule has 1 atom stereocenters. The molecule has 1 saturated heterocycles. The van der Waals surface area contributed by atoms with E-state index < -0.39 is 11.3 Å². The second-order valence-corrected chi connectivity index (χ2v) is 7.13. The van der Waals surface area contributed by atoms with Gasteiger partial charge in [0.1, 0.15) is 11.6 Å². The lowest BCUT2D eigenvalue weighted by atomic mass is 9.81. The average molecular weight is 371 g/mol. The summed E-state index contributed by atoms with van der Waals surface area (Å²) >= 11 is 0. The van der Waals surface area contributed by atoms with Gasteiger partial charge >= 0.3 is 0 Å². The number of primary amides is 1. The number of amides is 1. The third-order valence-corrected chi connectivity index (χ3v) is 4.89.